The quantitative estimate of drug-likeness (QED) is 0.871. The van der Waals surface area contributed by atoms with Gasteiger partial charge < -0.3 is 15.1 Å². The van der Waals surface area contributed by atoms with Crippen LogP contribution in [0.2, 0.25) is 0 Å². The lowest BCUT2D eigenvalue weighted by atomic mass is 10.1. The van der Waals surface area contributed by atoms with E-state index in [4.69, 9.17) is 0 Å². The van der Waals surface area contributed by atoms with E-state index in [9.17, 15) is 4.79 Å². The molecule has 6 nitrogen and oxygen atoms in total. The molecule has 2 heterocycles. The van der Waals surface area contributed by atoms with Gasteiger partial charge in [0.15, 0.2) is 0 Å². The molecule has 1 N–H and O–H groups in total. The highest BCUT2D eigenvalue weighted by Gasteiger charge is 2.22. The molecule has 3 rings (SSSR count). The third kappa shape index (κ3) is 4.23. The number of anilines is 1. The van der Waals surface area contributed by atoms with Gasteiger partial charge in [0.25, 0.3) is 0 Å². The molecular weight excluding hydrogens is 370 g/mol. The highest BCUT2D eigenvalue weighted by molar-refractivity contribution is 9.10. The summed E-state index contributed by atoms with van der Waals surface area (Å²) in [5, 5.41) is 3.00. The fourth-order valence-corrected chi connectivity index (χ4v) is 3.16. The SMILES string of the molecule is O=C(NCCc1ccccc1Br)N1CCN(c2ncccn2)CC1. The van der Waals surface area contributed by atoms with Gasteiger partial charge >= 0.3 is 6.03 Å². The maximum Gasteiger partial charge on any atom is 0.317 e. The maximum atomic E-state index is 12.3. The lowest BCUT2D eigenvalue weighted by Crippen LogP contribution is -2.52. The number of carbonyl (C=O) groups is 1. The summed E-state index contributed by atoms with van der Waals surface area (Å²) in [7, 11) is 0. The van der Waals surface area contributed by atoms with Crippen molar-refractivity contribution in [2.75, 3.05) is 37.6 Å². The Morgan fingerprint density at radius 2 is 1.79 bits per heavy atom. The van der Waals surface area contributed by atoms with Gasteiger partial charge in [-0.05, 0) is 24.1 Å². The fourth-order valence-electron chi connectivity index (χ4n) is 2.68. The zero-order valence-electron chi connectivity index (χ0n) is 13.4. The van der Waals surface area contributed by atoms with E-state index in [0.717, 1.165) is 29.9 Å². The average molecular weight is 390 g/mol. The Morgan fingerprint density at radius 3 is 2.50 bits per heavy atom. The maximum absolute atomic E-state index is 12.3. The van der Waals surface area contributed by atoms with Crippen molar-refractivity contribution in [2.24, 2.45) is 0 Å². The number of urea groups is 1. The van der Waals surface area contributed by atoms with E-state index in [-0.39, 0.29) is 6.03 Å². The average Bonchev–Trinajstić information content (AvgIpc) is 2.64. The molecule has 24 heavy (non-hydrogen) atoms. The number of amides is 2. The molecule has 1 fully saturated rings. The van der Waals surface area contributed by atoms with E-state index < -0.39 is 0 Å². The second-order valence-electron chi connectivity index (χ2n) is 5.60. The first-order valence-electron chi connectivity index (χ1n) is 8.02. The van der Waals surface area contributed by atoms with Crippen LogP contribution >= 0.6 is 15.9 Å². The van der Waals surface area contributed by atoms with Crippen molar-refractivity contribution in [3.63, 3.8) is 0 Å². The zero-order chi connectivity index (χ0) is 16.8. The van der Waals surface area contributed by atoms with Crippen LogP contribution in [0.5, 0.6) is 0 Å². The number of halogens is 1. The van der Waals surface area contributed by atoms with Crippen LogP contribution in [-0.2, 0) is 6.42 Å². The van der Waals surface area contributed by atoms with Crippen molar-refractivity contribution < 1.29 is 4.79 Å². The molecule has 1 saturated heterocycles. The third-order valence-electron chi connectivity index (χ3n) is 4.03. The molecule has 0 aliphatic carbocycles. The van der Waals surface area contributed by atoms with Crippen LogP contribution in [0.4, 0.5) is 10.7 Å². The molecule has 126 valence electrons. The van der Waals surface area contributed by atoms with Crippen molar-refractivity contribution in [1.82, 2.24) is 20.2 Å². The molecule has 0 atom stereocenters. The Kier molecular flexibility index (Phi) is 5.63. The molecule has 1 aliphatic heterocycles. The van der Waals surface area contributed by atoms with Gasteiger partial charge in [-0.3, -0.25) is 0 Å². The molecule has 1 aromatic heterocycles. The number of aromatic nitrogens is 2. The molecule has 1 aromatic carbocycles. The van der Waals surface area contributed by atoms with Gasteiger partial charge in [0, 0.05) is 49.6 Å². The largest absolute Gasteiger partial charge is 0.338 e. The van der Waals surface area contributed by atoms with Crippen molar-refractivity contribution in [3.8, 4) is 0 Å². The van der Waals surface area contributed by atoms with Gasteiger partial charge in [-0.25, -0.2) is 14.8 Å². The normalized spacial score (nSPS) is 14.5. The van der Waals surface area contributed by atoms with Crippen molar-refractivity contribution in [1.29, 1.82) is 0 Å². The van der Waals surface area contributed by atoms with Gasteiger partial charge in [0.2, 0.25) is 5.95 Å². The van der Waals surface area contributed by atoms with Gasteiger partial charge in [-0.2, -0.15) is 0 Å². The molecule has 0 unspecified atom stereocenters. The Hall–Kier alpha value is -2.15. The lowest BCUT2D eigenvalue weighted by molar-refractivity contribution is 0.194. The van der Waals surface area contributed by atoms with Crippen LogP contribution in [-0.4, -0.2) is 53.6 Å². The summed E-state index contributed by atoms with van der Waals surface area (Å²) < 4.78 is 1.08. The van der Waals surface area contributed by atoms with E-state index in [1.807, 2.05) is 23.1 Å². The lowest BCUT2D eigenvalue weighted by Gasteiger charge is -2.34. The van der Waals surface area contributed by atoms with E-state index >= 15 is 0 Å². The Morgan fingerprint density at radius 1 is 1.08 bits per heavy atom. The molecule has 2 amide bonds. The van der Waals surface area contributed by atoms with Crippen LogP contribution in [0.1, 0.15) is 5.56 Å². The topological polar surface area (TPSA) is 61.4 Å². The molecule has 7 heteroatoms. The summed E-state index contributed by atoms with van der Waals surface area (Å²) in [4.78, 5) is 24.7. The van der Waals surface area contributed by atoms with Gasteiger partial charge in [0.1, 0.15) is 0 Å². The number of benzene rings is 1. The monoisotopic (exact) mass is 389 g/mol. The van der Waals surface area contributed by atoms with Gasteiger partial charge in [-0.15, -0.1) is 0 Å². The van der Waals surface area contributed by atoms with Crippen LogP contribution in [0.3, 0.4) is 0 Å². The number of nitrogens with one attached hydrogen (secondary N) is 1. The number of carbonyl (C=O) groups excluding carboxylic acids is 1. The number of piperazine rings is 1. The second kappa shape index (κ2) is 8.10. The fraction of sp³-hybridized carbons (Fsp3) is 0.353. The van der Waals surface area contributed by atoms with Gasteiger partial charge in [-0.1, -0.05) is 34.1 Å². The number of hydrogen-bond donors (Lipinski definition) is 1. The Labute approximate surface area is 150 Å². The summed E-state index contributed by atoms with van der Waals surface area (Å²) >= 11 is 3.53. The Balaban J connectivity index is 1.43. The predicted molar refractivity (Wildman–Crippen MR) is 97.1 cm³/mol. The standard InChI is InChI=1S/C17H20BrN5O/c18-15-5-2-1-4-14(15)6-9-21-17(24)23-12-10-22(11-13-23)16-19-7-3-8-20-16/h1-5,7-8H,6,9-13H2,(H,21,24). The molecule has 2 aromatic rings. The third-order valence-corrected chi connectivity index (χ3v) is 4.80. The van der Waals surface area contributed by atoms with E-state index in [0.29, 0.717) is 19.6 Å². The molecule has 1 aliphatic rings. The smallest absolute Gasteiger partial charge is 0.317 e. The van der Waals surface area contributed by atoms with Crippen LogP contribution in [0, 0.1) is 0 Å². The van der Waals surface area contributed by atoms with Crippen LogP contribution in [0.25, 0.3) is 0 Å². The number of nitrogens with zero attached hydrogens (tertiary/aromatic N) is 4. The molecule has 0 radical (unpaired) electrons. The molecule has 0 bridgehead atoms. The highest BCUT2D eigenvalue weighted by Crippen LogP contribution is 2.16. The molecular formula is C17H20BrN5O. The first-order chi connectivity index (χ1) is 11.7. The minimum atomic E-state index is -0.00400. The van der Waals surface area contributed by atoms with E-state index in [2.05, 4.69) is 42.2 Å². The molecule has 0 spiro atoms. The summed E-state index contributed by atoms with van der Waals surface area (Å²) in [6, 6.07) is 9.88. The van der Waals surface area contributed by atoms with Crippen molar-refractivity contribution in [2.45, 2.75) is 6.42 Å². The zero-order valence-corrected chi connectivity index (χ0v) is 14.9. The van der Waals surface area contributed by atoms with Crippen LogP contribution < -0.4 is 10.2 Å². The first-order valence-corrected chi connectivity index (χ1v) is 8.81. The highest BCUT2D eigenvalue weighted by atomic mass is 79.9. The minimum Gasteiger partial charge on any atom is -0.338 e. The minimum absolute atomic E-state index is 0.00400. The summed E-state index contributed by atoms with van der Waals surface area (Å²) in [6.07, 6.45) is 4.29. The van der Waals surface area contributed by atoms with E-state index in [1.165, 1.54) is 5.56 Å². The summed E-state index contributed by atoms with van der Waals surface area (Å²) in [5.74, 6) is 0.728. The van der Waals surface area contributed by atoms with Crippen molar-refractivity contribution >= 4 is 27.9 Å². The molecule has 0 saturated carbocycles. The summed E-state index contributed by atoms with van der Waals surface area (Å²) in [6.45, 7) is 3.49. The van der Waals surface area contributed by atoms with Crippen molar-refractivity contribution in [3.05, 3.63) is 52.8 Å². The Bertz CT molecular complexity index is 674. The first kappa shape index (κ1) is 16.7. The van der Waals surface area contributed by atoms with E-state index in [1.54, 1.807) is 18.5 Å². The number of rotatable bonds is 4. The second-order valence-corrected chi connectivity index (χ2v) is 6.45. The number of hydrogen-bond acceptors (Lipinski definition) is 4. The van der Waals surface area contributed by atoms with Gasteiger partial charge in [0.05, 0.1) is 0 Å². The van der Waals surface area contributed by atoms with Crippen LogP contribution in [0.15, 0.2) is 47.2 Å². The predicted octanol–water partition coefficient (Wildman–Crippen LogP) is 2.31. The summed E-state index contributed by atoms with van der Waals surface area (Å²) in [5.41, 5.74) is 1.20.